The number of nitrogens with one attached hydrogen (secondary N) is 1. The van der Waals surface area contributed by atoms with E-state index in [1.54, 1.807) is 36.1 Å². The standard InChI is InChI=1S/C26H36BrN3O5S/c1-5-16-28-26(32)20(3)29(19-21-9-7-10-22(27)18-21)25(31)11-8-17-30(36(4,33)34)23-12-14-24(15-13-23)35-6-2/h7,9-10,12-15,18,20H,5-6,8,11,16-17,19H2,1-4H3,(H,28,32)/t20-/m1/s1. The fourth-order valence-electron chi connectivity index (χ4n) is 3.69. The van der Waals surface area contributed by atoms with E-state index >= 15 is 0 Å². The zero-order chi connectivity index (χ0) is 26.7. The van der Waals surface area contributed by atoms with Gasteiger partial charge in [-0.25, -0.2) is 8.42 Å². The van der Waals surface area contributed by atoms with Crippen molar-refractivity contribution in [2.75, 3.05) is 30.3 Å². The Bertz CT molecular complexity index is 1110. The number of ether oxygens (including phenoxy) is 1. The summed E-state index contributed by atoms with van der Waals surface area (Å²) < 4.78 is 32.5. The summed E-state index contributed by atoms with van der Waals surface area (Å²) in [5, 5.41) is 2.85. The number of nitrogens with zero attached hydrogens (tertiary/aromatic N) is 2. The van der Waals surface area contributed by atoms with Gasteiger partial charge in [0, 0.05) is 30.5 Å². The predicted octanol–water partition coefficient (Wildman–Crippen LogP) is 4.34. The van der Waals surface area contributed by atoms with Gasteiger partial charge in [-0.1, -0.05) is 35.0 Å². The van der Waals surface area contributed by atoms with Crippen molar-refractivity contribution >= 4 is 43.5 Å². The first kappa shape index (κ1) is 29.6. The Balaban J connectivity index is 2.14. The van der Waals surface area contributed by atoms with Gasteiger partial charge in [-0.05, 0) is 68.7 Å². The summed E-state index contributed by atoms with van der Waals surface area (Å²) in [4.78, 5) is 27.5. The van der Waals surface area contributed by atoms with Crippen LogP contribution in [0.5, 0.6) is 5.75 Å². The highest BCUT2D eigenvalue weighted by Crippen LogP contribution is 2.23. The van der Waals surface area contributed by atoms with Crippen molar-refractivity contribution in [2.45, 2.75) is 52.6 Å². The number of anilines is 1. The molecular weight excluding hydrogens is 546 g/mol. The van der Waals surface area contributed by atoms with E-state index in [1.807, 2.05) is 38.1 Å². The Morgan fingerprint density at radius 2 is 1.81 bits per heavy atom. The molecule has 36 heavy (non-hydrogen) atoms. The van der Waals surface area contributed by atoms with Gasteiger partial charge in [0.2, 0.25) is 21.8 Å². The van der Waals surface area contributed by atoms with Crippen LogP contribution in [0.4, 0.5) is 5.69 Å². The third-order valence-electron chi connectivity index (χ3n) is 5.55. The first-order valence-corrected chi connectivity index (χ1v) is 14.7. The van der Waals surface area contributed by atoms with Crippen LogP contribution in [-0.2, 0) is 26.2 Å². The SMILES string of the molecule is CCCNC(=O)[C@@H](C)N(Cc1cccc(Br)c1)C(=O)CCCN(c1ccc(OCC)cc1)S(C)(=O)=O. The van der Waals surface area contributed by atoms with E-state index in [0.717, 1.165) is 22.7 Å². The van der Waals surface area contributed by atoms with Gasteiger partial charge in [-0.2, -0.15) is 0 Å². The monoisotopic (exact) mass is 581 g/mol. The van der Waals surface area contributed by atoms with Crippen molar-refractivity contribution in [3.05, 3.63) is 58.6 Å². The molecule has 1 atom stereocenters. The lowest BCUT2D eigenvalue weighted by atomic mass is 10.1. The average molecular weight is 583 g/mol. The lowest BCUT2D eigenvalue weighted by Gasteiger charge is -2.29. The summed E-state index contributed by atoms with van der Waals surface area (Å²) in [6.07, 6.45) is 2.34. The van der Waals surface area contributed by atoms with Crippen molar-refractivity contribution in [1.82, 2.24) is 10.2 Å². The lowest BCUT2D eigenvalue weighted by Crippen LogP contribution is -2.47. The molecule has 1 N–H and O–H groups in total. The van der Waals surface area contributed by atoms with Gasteiger partial charge in [-0.3, -0.25) is 13.9 Å². The third-order valence-corrected chi connectivity index (χ3v) is 7.23. The molecule has 0 aliphatic heterocycles. The molecule has 0 aromatic heterocycles. The normalized spacial score (nSPS) is 12.0. The number of hydrogen-bond acceptors (Lipinski definition) is 5. The molecule has 2 rings (SSSR count). The molecule has 0 bridgehead atoms. The van der Waals surface area contributed by atoms with Crippen molar-refractivity contribution in [1.29, 1.82) is 0 Å². The molecule has 2 aromatic rings. The number of carbonyl (C=O) groups is 2. The maximum absolute atomic E-state index is 13.3. The molecule has 2 aromatic carbocycles. The van der Waals surface area contributed by atoms with Crippen LogP contribution in [0.25, 0.3) is 0 Å². The van der Waals surface area contributed by atoms with Crippen molar-refractivity contribution < 1.29 is 22.7 Å². The summed E-state index contributed by atoms with van der Waals surface area (Å²) in [7, 11) is -3.56. The molecule has 198 valence electrons. The van der Waals surface area contributed by atoms with E-state index in [0.29, 0.717) is 31.0 Å². The highest BCUT2D eigenvalue weighted by molar-refractivity contribution is 9.10. The second kappa shape index (κ2) is 14.2. The summed E-state index contributed by atoms with van der Waals surface area (Å²) >= 11 is 3.45. The summed E-state index contributed by atoms with van der Waals surface area (Å²) in [6, 6.07) is 13.7. The molecule has 0 fully saturated rings. The van der Waals surface area contributed by atoms with Gasteiger partial charge < -0.3 is 15.0 Å². The van der Waals surface area contributed by atoms with E-state index in [4.69, 9.17) is 4.74 Å². The van der Waals surface area contributed by atoms with E-state index in [-0.39, 0.29) is 31.3 Å². The largest absolute Gasteiger partial charge is 0.494 e. The maximum Gasteiger partial charge on any atom is 0.242 e. The van der Waals surface area contributed by atoms with Crippen LogP contribution in [0.2, 0.25) is 0 Å². The van der Waals surface area contributed by atoms with Crippen LogP contribution < -0.4 is 14.4 Å². The predicted molar refractivity (Wildman–Crippen MR) is 146 cm³/mol. The first-order chi connectivity index (χ1) is 17.1. The number of amides is 2. The second-order valence-corrected chi connectivity index (χ2v) is 11.3. The molecule has 0 heterocycles. The molecule has 10 heteroatoms. The molecular formula is C26H36BrN3O5S. The number of benzene rings is 2. The van der Waals surface area contributed by atoms with E-state index in [1.165, 1.54) is 4.31 Å². The minimum absolute atomic E-state index is 0.0997. The highest BCUT2D eigenvalue weighted by Gasteiger charge is 2.26. The zero-order valence-electron chi connectivity index (χ0n) is 21.4. The molecule has 2 amide bonds. The summed E-state index contributed by atoms with van der Waals surface area (Å²) in [5.74, 6) is 0.227. The number of hydrogen-bond donors (Lipinski definition) is 1. The topological polar surface area (TPSA) is 96.0 Å². The van der Waals surface area contributed by atoms with Crippen molar-refractivity contribution in [2.24, 2.45) is 0 Å². The quantitative estimate of drug-likeness (QED) is 0.358. The Labute approximate surface area is 223 Å². The minimum Gasteiger partial charge on any atom is -0.494 e. The molecule has 0 unspecified atom stereocenters. The van der Waals surface area contributed by atoms with E-state index in [9.17, 15) is 18.0 Å². The first-order valence-electron chi connectivity index (χ1n) is 12.1. The zero-order valence-corrected chi connectivity index (χ0v) is 23.8. The fourth-order valence-corrected chi connectivity index (χ4v) is 5.10. The fraction of sp³-hybridized carbons (Fsp3) is 0.462. The van der Waals surface area contributed by atoms with Crippen LogP contribution in [-0.4, -0.2) is 57.1 Å². The lowest BCUT2D eigenvalue weighted by molar-refractivity contribution is -0.140. The van der Waals surface area contributed by atoms with Crippen LogP contribution in [0.1, 0.15) is 45.6 Å². The van der Waals surface area contributed by atoms with Gasteiger partial charge in [0.15, 0.2) is 0 Å². The number of carbonyl (C=O) groups excluding carboxylic acids is 2. The van der Waals surface area contributed by atoms with E-state index < -0.39 is 16.1 Å². The number of halogens is 1. The van der Waals surface area contributed by atoms with Crippen LogP contribution in [0.3, 0.4) is 0 Å². The number of rotatable bonds is 14. The Morgan fingerprint density at radius 1 is 1.11 bits per heavy atom. The summed E-state index contributed by atoms with van der Waals surface area (Å²) in [6.45, 7) is 7.02. The van der Waals surface area contributed by atoms with Gasteiger partial charge in [0.05, 0.1) is 18.6 Å². The van der Waals surface area contributed by atoms with Gasteiger partial charge in [0.1, 0.15) is 11.8 Å². The molecule has 0 spiro atoms. The van der Waals surface area contributed by atoms with Crippen LogP contribution in [0.15, 0.2) is 53.0 Å². The van der Waals surface area contributed by atoms with Crippen LogP contribution in [0, 0.1) is 0 Å². The Hall–Kier alpha value is -2.59. The Kier molecular flexibility index (Phi) is 11.7. The smallest absolute Gasteiger partial charge is 0.242 e. The molecule has 0 radical (unpaired) electrons. The third kappa shape index (κ3) is 9.13. The maximum atomic E-state index is 13.3. The van der Waals surface area contributed by atoms with Crippen LogP contribution >= 0.6 is 15.9 Å². The molecule has 0 saturated heterocycles. The molecule has 8 nitrogen and oxygen atoms in total. The molecule has 0 saturated carbocycles. The van der Waals surface area contributed by atoms with Gasteiger partial charge >= 0.3 is 0 Å². The van der Waals surface area contributed by atoms with Crippen molar-refractivity contribution in [3.63, 3.8) is 0 Å². The average Bonchev–Trinajstić information content (AvgIpc) is 2.83. The van der Waals surface area contributed by atoms with Crippen molar-refractivity contribution in [3.8, 4) is 5.75 Å². The summed E-state index contributed by atoms with van der Waals surface area (Å²) in [5.41, 5.74) is 1.40. The van der Waals surface area contributed by atoms with Gasteiger partial charge in [-0.15, -0.1) is 0 Å². The minimum atomic E-state index is -3.56. The molecule has 0 aliphatic rings. The van der Waals surface area contributed by atoms with Gasteiger partial charge in [0.25, 0.3) is 0 Å². The van der Waals surface area contributed by atoms with E-state index in [2.05, 4.69) is 21.2 Å². The second-order valence-electron chi connectivity index (χ2n) is 8.48. The number of sulfonamides is 1. The Morgan fingerprint density at radius 3 is 2.39 bits per heavy atom. The highest BCUT2D eigenvalue weighted by atomic mass is 79.9. The molecule has 0 aliphatic carbocycles.